The largest absolute Gasteiger partial charge is 0.475 e. The second-order valence-electron chi connectivity index (χ2n) is 6.17. The number of ether oxygens (including phenoxy) is 2. The van der Waals surface area contributed by atoms with Crippen molar-refractivity contribution in [1.82, 2.24) is 0 Å². The first-order chi connectivity index (χ1) is 14.5. The first-order valence-electron chi connectivity index (χ1n) is 9.00. The van der Waals surface area contributed by atoms with E-state index >= 15 is 0 Å². The number of anilines is 1. The lowest BCUT2D eigenvalue weighted by Crippen LogP contribution is -2.23. The SMILES string of the molecule is O=C(COC(=O)COc1ccccc1[N+](=O)[O-])Nc1ccc(-c2ccccc2)cc1. The minimum Gasteiger partial charge on any atom is -0.475 e. The van der Waals surface area contributed by atoms with Crippen LogP contribution < -0.4 is 10.1 Å². The summed E-state index contributed by atoms with van der Waals surface area (Å²) >= 11 is 0. The molecule has 0 fully saturated rings. The van der Waals surface area contributed by atoms with Crippen molar-refractivity contribution >= 4 is 23.3 Å². The minimum absolute atomic E-state index is 0.0533. The summed E-state index contributed by atoms with van der Waals surface area (Å²) in [6, 6.07) is 22.7. The zero-order valence-electron chi connectivity index (χ0n) is 15.8. The number of carbonyl (C=O) groups is 2. The highest BCUT2D eigenvalue weighted by Gasteiger charge is 2.16. The van der Waals surface area contributed by atoms with Gasteiger partial charge in [0.1, 0.15) is 0 Å². The van der Waals surface area contributed by atoms with Crippen LogP contribution in [0.4, 0.5) is 11.4 Å². The molecule has 8 heteroatoms. The van der Waals surface area contributed by atoms with Crippen molar-refractivity contribution in [3.63, 3.8) is 0 Å². The van der Waals surface area contributed by atoms with E-state index in [4.69, 9.17) is 9.47 Å². The number of nitrogens with zero attached hydrogens (tertiary/aromatic N) is 1. The Morgan fingerprint density at radius 3 is 2.17 bits per heavy atom. The summed E-state index contributed by atoms with van der Waals surface area (Å²) in [4.78, 5) is 34.0. The molecule has 0 saturated heterocycles. The van der Waals surface area contributed by atoms with Crippen LogP contribution in [-0.4, -0.2) is 30.0 Å². The predicted octanol–water partition coefficient (Wildman–Crippen LogP) is 3.82. The molecule has 1 amide bonds. The Labute approximate surface area is 172 Å². The van der Waals surface area contributed by atoms with Crippen molar-refractivity contribution in [2.75, 3.05) is 18.5 Å². The third-order valence-corrected chi connectivity index (χ3v) is 4.05. The Kier molecular flexibility index (Phi) is 6.73. The molecule has 0 atom stereocenters. The predicted molar refractivity (Wildman–Crippen MR) is 110 cm³/mol. The molecule has 152 valence electrons. The fourth-order valence-electron chi connectivity index (χ4n) is 2.63. The van der Waals surface area contributed by atoms with Crippen LogP contribution in [0, 0.1) is 10.1 Å². The molecule has 0 aromatic heterocycles. The van der Waals surface area contributed by atoms with Gasteiger partial charge in [-0.3, -0.25) is 14.9 Å². The van der Waals surface area contributed by atoms with E-state index in [-0.39, 0.29) is 11.4 Å². The molecule has 0 unspecified atom stereocenters. The number of hydrogen-bond donors (Lipinski definition) is 1. The number of nitro benzene ring substituents is 1. The van der Waals surface area contributed by atoms with Gasteiger partial charge in [0.2, 0.25) is 0 Å². The summed E-state index contributed by atoms with van der Waals surface area (Å²) in [6.07, 6.45) is 0. The molecular weight excluding hydrogens is 388 g/mol. The van der Waals surface area contributed by atoms with Crippen molar-refractivity contribution < 1.29 is 24.0 Å². The Balaban J connectivity index is 1.45. The summed E-state index contributed by atoms with van der Waals surface area (Å²) in [7, 11) is 0. The molecule has 0 aliphatic heterocycles. The van der Waals surface area contributed by atoms with Crippen molar-refractivity contribution in [3.05, 3.63) is 89.0 Å². The molecule has 0 aliphatic rings. The second-order valence-corrected chi connectivity index (χ2v) is 6.17. The van der Waals surface area contributed by atoms with Gasteiger partial charge >= 0.3 is 11.7 Å². The van der Waals surface area contributed by atoms with E-state index in [0.29, 0.717) is 5.69 Å². The number of amides is 1. The molecule has 0 spiro atoms. The lowest BCUT2D eigenvalue weighted by molar-refractivity contribution is -0.385. The number of hydrogen-bond acceptors (Lipinski definition) is 6. The van der Waals surface area contributed by atoms with E-state index < -0.39 is 30.0 Å². The molecule has 0 heterocycles. The quantitative estimate of drug-likeness (QED) is 0.346. The minimum atomic E-state index is -0.817. The van der Waals surface area contributed by atoms with E-state index in [9.17, 15) is 19.7 Å². The monoisotopic (exact) mass is 406 g/mol. The smallest absolute Gasteiger partial charge is 0.344 e. The van der Waals surface area contributed by atoms with E-state index in [1.807, 2.05) is 42.5 Å². The Morgan fingerprint density at radius 1 is 0.833 bits per heavy atom. The van der Waals surface area contributed by atoms with Gasteiger partial charge in [0.05, 0.1) is 4.92 Å². The number of nitrogens with one attached hydrogen (secondary N) is 1. The van der Waals surface area contributed by atoms with Crippen LogP contribution in [0.5, 0.6) is 5.75 Å². The molecule has 3 aromatic rings. The number of carbonyl (C=O) groups excluding carboxylic acids is 2. The van der Waals surface area contributed by atoms with Crippen molar-refractivity contribution in [3.8, 4) is 16.9 Å². The van der Waals surface area contributed by atoms with Crippen LogP contribution >= 0.6 is 0 Å². The molecule has 0 radical (unpaired) electrons. The lowest BCUT2D eigenvalue weighted by atomic mass is 10.1. The van der Waals surface area contributed by atoms with Gasteiger partial charge < -0.3 is 14.8 Å². The van der Waals surface area contributed by atoms with E-state index in [1.54, 1.807) is 18.2 Å². The van der Waals surface area contributed by atoms with Crippen LogP contribution in [0.3, 0.4) is 0 Å². The summed E-state index contributed by atoms with van der Waals surface area (Å²) in [5.41, 5.74) is 2.36. The molecule has 0 saturated carbocycles. The molecule has 3 aromatic carbocycles. The van der Waals surface area contributed by atoms with Crippen LogP contribution in [-0.2, 0) is 14.3 Å². The maximum Gasteiger partial charge on any atom is 0.344 e. The van der Waals surface area contributed by atoms with Gasteiger partial charge in [-0.2, -0.15) is 0 Å². The highest BCUT2D eigenvalue weighted by molar-refractivity contribution is 5.93. The van der Waals surface area contributed by atoms with Gasteiger partial charge in [0.15, 0.2) is 19.0 Å². The van der Waals surface area contributed by atoms with E-state index in [1.165, 1.54) is 18.2 Å². The normalized spacial score (nSPS) is 10.1. The van der Waals surface area contributed by atoms with Crippen LogP contribution in [0.2, 0.25) is 0 Å². The number of esters is 1. The number of para-hydroxylation sites is 2. The molecule has 0 bridgehead atoms. The Bertz CT molecular complexity index is 1040. The van der Waals surface area contributed by atoms with E-state index in [0.717, 1.165) is 11.1 Å². The molecule has 1 N–H and O–H groups in total. The summed E-state index contributed by atoms with van der Waals surface area (Å²) < 4.78 is 9.96. The van der Waals surface area contributed by atoms with Crippen LogP contribution in [0.1, 0.15) is 0 Å². The van der Waals surface area contributed by atoms with Gasteiger partial charge in [0.25, 0.3) is 5.91 Å². The van der Waals surface area contributed by atoms with E-state index in [2.05, 4.69) is 5.32 Å². The van der Waals surface area contributed by atoms with Crippen molar-refractivity contribution in [2.45, 2.75) is 0 Å². The highest BCUT2D eigenvalue weighted by Crippen LogP contribution is 2.25. The summed E-state index contributed by atoms with van der Waals surface area (Å²) in [5.74, 6) is -1.38. The summed E-state index contributed by atoms with van der Waals surface area (Å²) in [5, 5.41) is 13.5. The molecule has 0 aliphatic carbocycles. The third-order valence-electron chi connectivity index (χ3n) is 4.05. The fourth-order valence-corrected chi connectivity index (χ4v) is 2.63. The molecular formula is C22H18N2O6. The fraction of sp³-hybridized carbons (Fsp3) is 0.0909. The lowest BCUT2D eigenvalue weighted by Gasteiger charge is -2.09. The first-order valence-corrected chi connectivity index (χ1v) is 9.00. The Morgan fingerprint density at radius 2 is 1.47 bits per heavy atom. The van der Waals surface area contributed by atoms with Crippen molar-refractivity contribution in [1.29, 1.82) is 0 Å². The average Bonchev–Trinajstić information content (AvgIpc) is 2.77. The topological polar surface area (TPSA) is 108 Å². The standard InChI is InChI=1S/C22H18N2O6/c25-21(23-18-12-10-17(11-13-18)16-6-2-1-3-7-16)14-30-22(26)15-29-20-9-5-4-8-19(20)24(27)28/h1-13H,14-15H2,(H,23,25). The summed E-state index contributed by atoms with van der Waals surface area (Å²) in [6.45, 7) is -1.05. The number of nitro groups is 1. The average molecular weight is 406 g/mol. The second kappa shape index (κ2) is 9.83. The van der Waals surface area contributed by atoms with Gasteiger partial charge in [-0.15, -0.1) is 0 Å². The van der Waals surface area contributed by atoms with Crippen LogP contribution in [0.25, 0.3) is 11.1 Å². The van der Waals surface area contributed by atoms with Gasteiger partial charge in [-0.05, 0) is 29.3 Å². The van der Waals surface area contributed by atoms with Crippen molar-refractivity contribution in [2.24, 2.45) is 0 Å². The zero-order valence-corrected chi connectivity index (χ0v) is 15.8. The van der Waals surface area contributed by atoms with Crippen LogP contribution in [0.15, 0.2) is 78.9 Å². The maximum absolute atomic E-state index is 12.0. The first kappa shape index (κ1) is 20.5. The van der Waals surface area contributed by atoms with Gasteiger partial charge in [-0.1, -0.05) is 54.6 Å². The maximum atomic E-state index is 12.0. The van der Waals surface area contributed by atoms with Gasteiger partial charge in [-0.25, -0.2) is 4.79 Å². The third kappa shape index (κ3) is 5.65. The molecule has 30 heavy (non-hydrogen) atoms. The molecule has 3 rings (SSSR count). The number of rotatable bonds is 8. The van der Waals surface area contributed by atoms with Gasteiger partial charge in [0, 0.05) is 11.8 Å². The zero-order chi connectivity index (χ0) is 21.3. The highest BCUT2D eigenvalue weighted by atomic mass is 16.6. The molecule has 8 nitrogen and oxygen atoms in total. The Hall–Kier alpha value is -4.20. The number of benzene rings is 3.